The Balaban J connectivity index is 1.25. The number of rotatable bonds is 7. The lowest BCUT2D eigenvalue weighted by Gasteiger charge is -2.40. The van der Waals surface area contributed by atoms with Crippen LogP contribution in [0.1, 0.15) is 19.8 Å². The van der Waals surface area contributed by atoms with Crippen molar-refractivity contribution < 1.29 is 9.72 Å². The third-order valence-corrected chi connectivity index (χ3v) is 7.50. The number of nitro groups is 1. The van der Waals surface area contributed by atoms with Crippen molar-refractivity contribution in [1.82, 2.24) is 14.8 Å². The molecule has 1 amide bonds. The van der Waals surface area contributed by atoms with Gasteiger partial charge in [-0.2, -0.15) is 0 Å². The summed E-state index contributed by atoms with van der Waals surface area (Å²) in [6.07, 6.45) is 4.05. The van der Waals surface area contributed by atoms with Crippen molar-refractivity contribution in [3.05, 3.63) is 58.8 Å². The van der Waals surface area contributed by atoms with Gasteiger partial charge in [-0.25, -0.2) is 4.98 Å². The summed E-state index contributed by atoms with van der Waals surface area (Å²) in [4.78, 5) is 35.7. The molecule has 2 aliphatic heterocycles. The minimum absolute atomic E-state index is 0.0677. The van der Waals surface area contributed by atoms with Gasteiger partial charge in [0, 0.05) is 69.0 Å². The molecule has 2 aliphatic rings. The van der Waals surface area contributed by atoms with Gasteiger partial charge >= 0.3 is 0 Å². The van der Waals surface area contributed by atoms with Gasteiger partial charge in [-0.05, 0) is 49.9 Å². The average molecular weight is 470 g/mol. The average Bonchev–Trinajstić information content (AvgIpc) is 2.85. The Labute approximate surface area is 199 Å². The van der Waals surface area contributed by atoms with Crippen LogP contribution >= 0.6 is 11.8 Å². The van der Waals surface area contributed by atoms with Gasteiger partial charge < -0.3 is 9.80 Å². The molecule has 0 N–H and O–H groups in total. The topological polar surface area (TPSA) is 82.8 Å². The third-order valence-electron chi connectivity index (χ3n) is 6.40. The number of thioether (sulfide) groups is 1. The van der Waals surface area contributed by atoms with Crippen molar-refractivity contribution in [2.75, 3.05) is 50.7 Å². The number of pyridine rings is 1. The van der Waals surface area contributed by atoms with Gasteiger partial charge in [0.05, 0.1) is 10.2 Å². The predicted octanol–water partition coefficient (Wildman–Crippen LogP) is 3.53. The van der Waals surface area contributed by atoms with Gasteiger partial charge in [0.1, 0.15) is 5.82 Å². The zero-order valence-electron chi connectivity index (χ0n) is 19.0. The Hall–Kier alpha value is -2.65. The molecule has 0 aliphatic carbocycles. The van der Waals surface area contributed by atoms with E-state index >= 15 is 0 Å². The van der Waals surface area contributed by atoms with E-state index in [0.29, 0.717) is 5.92 Å². The monoisotopic (exact) mass is 469 g/mol. The van der Waals surface area contributed by atoms with Crippen LogP contribution in [0.3, 0.4) is 0 Å². The predicted molar refractivity (Wildman–Crippen MR) is 131 cm³/mol. The largest absolute Gasteiger partial charge is 0.354 e. The number of anilines is 1. The van der Waals surface area contributed by atoms with Crippen LogP contribution in [0.4, 0.5) is 11.5 Å². The molecule has 2 aromatic rings. The molecular formula is C24H31N5O3S. The molecule has 2 saturated heterocycles. The fourth-order valence-electron chi connectivity index (χ4n) is 4.64. The molecule has 0 radical (unpaired) electrons. The van der Waals surface area contributed by atoms with Gasteiger partial charge in [-0.3, -0.25) is 19.8 Å². The number of piperidine rings is 1. The van der Waals surface area contributed by atoms with Crippen LogP contribution in [0.5, 0.6) is 0 Å². The van der Waals surface area contributed by atoms with Crippen molar-refractivity contribution in [2.24, 2.45) is 5.92 Å². The quantitative estimate of drug-likeness (QED) is 0.348. The molecule has 176 valence electrons. The number of hydrogen-bond acceptors (Lipinski definition) is 7. The minimum Gasteiger partial charge on any atom is -0.354 e. The highest BCUT2D eigenvalue weighted by molar-refractivity contribution is 8.00. The summed E-state index contributed by atoms with van der Waals surface area (Å²) in [6.45, 7) is 8.59. The molecule has 0 bridgehead atoms. The van der Waals surface area contributed by atoms with Gasteiger partial charge in [-0.15, -0.1) is 11.8 Å². The third kappa shape index (κ3) is 6.23. The van der Waals surface area contributed by atoms with Gasteiger partial charge in [0.2, 0.25) is 5.91 Å². The van der Waals surface area contributed by atoms with E-state index < -0.39 is 4.92 Å². The second-order valence-corrected chi connectivity index (χ2v) is 10.2. The lowest BCUT2D eigenvalue weighted by Crippen LogP contribution is -2.51. The lowest BCUT2D eigenvalue weighted by atomic mass is 9.97. The molecule has 2 atom stereocenters. The summed E-state index contributed by atoms with van der Waals surface area (Å²) >= 11 is 1.47. The van der Waals surface area contributed by atoms with Crippen LogP contribution < -0.4 is 4.90 Å². The number of nitro benzene ring substituents is 1. The van der Waals surface area contributed by atoms with Gasteiger partial charge in [-0.1, -0.05) is 6.07 Å². The molecule has 4 rings (SSSR count). The molecule has 0 saturated carbocycles. The number of amides is 1. The van der Waals surface area contributed by atoms with Crippen LogP contribution in [0, 0.1) is 16.0 Å². The van der Waals surface area contributed by atoms with Crippen LogP contribution in [0.15, 0.2) is 53.6 Å². The fraction of sp³-hybridized carbons (Fsp3) is 0.500. The highest BCUT2D eigenvalue weighted by Crippen LogP contribution is 2.28. The molecular weight excluding hydrogens is 438 g/mol. The summed E-state index contributed by atoms with van der Waals surface area (Å²) in [5.41, 5.74) is 0.0677. The molecule has 0 spiro atoms. The second-order valence-electron chi connectivity index (χ2n) is 8.78. The Morgan fingerprint density at radius 3 is 2.58 bits per heavy atom. The highest BCUT2D eigenvalue weighted by Gasteiger charge is 2.29. The van der Waals surface area contributed by atoms with Crippen molar-refractivity contribution in [1.29, 1.82) is 0 Å². The van der Waals surface area contributed by atoms with E-state index in [1.54, 1.807) is 12.1 Å². The van der Waals surface area contributed by atoms with Crippen LogP contribution in [0.25, 0.3) is 0 Å². The van der Waals surface area contributed by atoms with E-state index in [9.17, 15) is 14.9 Å². The first-order chi connectivity index (χ1) is 16.0. The van der Waals surface area contributed by atoms with Crippen molar-refractivity contribution in [3.8, 4) is 0 Å². The van der Waals surface area contributed by atoms with Gasteiger partial charge in [0.15, 0.2) is 0 Å². The molecule has 1 aromatic carbocycles. The number of non-ortho nitro benzene ring substituents is 1. The van der Waals surface area contributed by atoms with Crippen molar-refractivity contribution in [3.63, 3.8) is 0 Å². The van der Waals surface area contributed by atoms with E-state index in [2.05, 4.69) is 20.9 Å². The lowest BCUT2D eigenvalue weighted by molar-refractivity contribution is -0.384. The maximum atomic E-state index is 13.1. The number of piperazine rings is 1. The molecule has 33 heavy (non-hydrogen) atoms. The number of likely N-dealkylation sites (tertiary alicyclic amines) is 1. The maximum Gasteiger partial charge on any atom is 0.269 e. The molecule has 0 unspecified atom stereocenters. The first kappa shape index (κ1) is 23.5. The van der Waals surface area contributed by atoms with Crippen LogP contribution in [-0.2, 0) is 4.79 Å². The Morgan fingerprint density at radius 2 is 1.91 bits per heavy atom. The van der Waals surface area contributed by atoms with Gasteiger partial charge in [0.25, 0.3) is 5.69 Å². The number of carbonyl (C=O) groups excluding carboxylic acids is 1. The first-order valence-electron chi connectivity index (χ1n) is 11.6. The number of benzene rings is 1. The molecule has 8 nitrogen and oxygen atoms in total. The van der Waals surface area contributed by atoms with Crippen molar-refractivity contribution in [2.45, 2.75) is 29.9 Å². The molecule has 3 heterocycles. The molecule has 2 fully saturated rings. The maximum absolute atomic E-state index is 13.1. The van der Waals surface area contributed by atoms with Crippen LogP contribution in [0.2, 0.25) is 0 Å². The van der Waals surface area contributed by atoms with E-state index in [-0.39, 0.29) is 16.8 Å². The Morgan fingerprint density at radius 1 is 1.15 bits per heavy atom. The second kappa shape index (κ2) is 11.0. The summed E-state index contributed by atoms with van der Waals surface area (Å²) in [7, 11) is 0. The summed E-state index contributed by atoms with van der Waals surface area (Å²) < 4.78 is 0. The number of aromatic nitrogens is 1. The van der Waals surface area contributed by atoms with Crippen LogP contribution in [-0.4, -0.2) is 76.7 Å². The number of carbonyl (C=O) groups is 1. The first-order valence-corrected chi connectivity index (χ1v) is 12.5. The highest BCUT2D eigenvalue weighted by atomic mass is 32.2. The van der Waals surface area contributed by atoms with E-state index in [4.69, 9.17) is 0 Å². The van der Waals surface area contributed by atoms with Crippen molar-refractivity contribution >= 4 is 29.2 Å². The zero-order chi connectivity index (χ0) is 23.2. The fourth-order valence-corrected chi connectivity index (χ4v) is 5.59. The normalized spacial score (nSPS) is 20.5. The smallest absolute Gasteiger partial charge is 0.269 e. The summed E-state index contributed by atoms with van der Waals surface area (Å²) in [5.74, 6) is 1.70. The SMILES string of the molecule is C[C@@H](Sc1ccc([N+](=O)[O-])cc1)C(=O)N1CCC[C@H](CN2CCN(c3ccccn3)CC2)C1. The molecule has 1 aromatic heterocycles. The van der Waals surface area contributed by atoms with E-state index in [1.807, 2.05) is 30.2 Å². The number of hydrogen-bond donors (Lipinski definition) is 0. The minimum atomic E-state index is -0.407. The standard InChI is InChI=1S/C24H31N5O3S/c1-19(33-22-9-7-21(8-10-22)29(31)32)24(30)28-12-4-5-20(18-28)17-26-13-15-27(16-14-26)23-6-2-3-11-25-23/h2-3,6-11,19-20H,4-5,12-18H2,1H3/t19-,20-/m1/s1. The van der Waals surface area contributed by atoms with E-state index in [1.165, 1.54) is 23.9 Å². The Kier molecular flexibility index (Phi) is 7.82. The summed E-state index contributed by atoms with van der Waals surface area (Å²) in [6, 6.07) is 12.5. The van der Waals surface area contributed by atoms with E-state index in [0.717, 1.165) is 69.4 Å². The summed E-state index contributed by atoms with van der Waals surface area (Å²) in [5, 5.41) is 10.6. The molecule has 9 heteroatoms. The zero-order valence-corrected chi connectivity index (χ0v) is 19.8. The Bertz CT molecular complexity index is 935. The number of nitrogens with zero attached hydrogens (tertiary/aromatic N) is 5.